The van der Waals surface area contributed by atoms with E-state index in [4.69, 9.17) is 9.97 Å². The minimum atomic E-state index is -0.00447. The van der Waals surface area contributed by atoms with E-state index in [0.29, 0.717) is 5.16 Å². The summed E-state index contributed by atoms with van der Waals surface area (Å²) in [7, 11) is 0. The van der Waals surface area contributed by atoms with Gasteiger partial charge in [-0.3, -0.25) is 9.69 Å². The van der Waals surface area contributed by atoms with E-state index in [0.717, 1.165) is 43.7 Å². The highest BCUT2D eigenvalue weighted by Crippen LogP contribution is 2.48. The van der Waals surface area contributed by atoms with Crippen LogP contribution in [0.15, 0.2) is 130 Å². The number of anilines is 2. The summed E-state index contributed by atoms with van der Waals surface area (Å²) in [5.74, 6) is 0.218. The molecule has 5 aromatic rings. The first-order chi connectivity index (χ1) is 17.8. The van der Waals surface area contributed by atoms with E-state index < -0.39 is 0 Å². The fourth-order valence-corrected chi connectivity index (χ4v) is 5.93. The van der Waals surface area contributed by atoms with Crippen molar-refractivity contribution >= 4 is 40.8 Å². The van der Waals surface area contributed by atoms with Gasteiger partial charge in [0.15, 0.2) is 5.16 Å². The van der Waals surface area contributed by atoms with Crippen molar-refractivity contribution in [2.75, 3.05) is 10.7 Å². The summed E-state index contributed by atoms with van der Waals surface area (Å²) in [6, 6.07) is 38.2. The van der Waals surface area contributed by atoms with Gasteiger partial charge < -0.3 is 0 Å². The Labute approximate surface area is 218 Å². The number of para-hydroxylation sites is 2. The van der Waals surface area contributed by atoms with Gasteiger partial charge in [0.1, 0.15) is 0 Å². The number of benzene rings is 4. The molecule has 0 saturated carbocycles. The Morgan fingerprint density at radius 1 is 0.667 bits per heavy atom. The lowest BCUT2D eigenvalue weighted by Crippen LogP contribution is -2.30. The summed E-state index contributed by atoms with van der Waals surface area (Å²) in [4.78, 5) is 27.2. The molecule has 174 valence electrons. The monoisotopic (exact) mass is 503 g/mol. The number of thioether (sulfide) groups is 1. The molecule has 6 heteroatoms. The second kappa shape index (κ2) is 10.0. The molecular weight excluding hydrogens is 482 g/mol. The molecule has 6 rings (SSSR count). The minimum absolute atomic E-state index is 0.00447. The first-order valence-electron chi connectivity index (χ1n) is 11.6. The van der Waals surface area contributed by atoms with Crippen molar-refractivity contribution in [3.8, 4) is 22.5 Å². The number of carbonyl (C=O) groups is 1. The third-order valence-corrected chi connectivity index (χ3v) is 7.81. The minimum Gasteiger partial charge on any atom is -0.278 e. The van der Waals surface area contributed by atoms with Crippen LogP contribution in [0.4, 0.5) is 11.4 Å². The van der Waals surface area contributed by atoms with Gasteiger partial charge in [-0.2, -0.15) is 0 Å². The van der Waals surface area contributed by atoms with Crippen molar-refractivity contribution in [2.45, 2.75) is 14.9 Å². The average molecular weight is 504 g/mol. The van der Waals surface area contributed by atoms with E-state index in [2.05, 4.69) is 12.1 Å². The summed E-state index contributed by atoms with van der Waals surface area (Å²) in [6.45, 7) is 0. The molecule has 1 aliphatic rings. The SMILES string of the molecule is O=C(CSc1nc(-c2ccccc2)cc(-c2ccccc2)n1)N1c2ccccc2Sc2ccccc21. The van der Waals surface area contributed by atoms with Crippen molar-refractivity contribution in [3.05, 3.63) is 115 Å². The summed E-state index contributed by atoms with van der Waals surface area (Å²) in [5.41, 5.74) is 5.53. The van der Waals surface area contributed by atoms with Gasteiger partial charge in [-0.1, -0.05) is 108 Å². The van der Waals surface area contributed by atoms with Crippen molar-refractivity contribution in [3.63, 3.8) is 0 Å². The van der Waals surface area contributed by atoms with Crippen LogP contribution in [0.3, 0.4) is 0 Å². The molecule has 2 heterocycles. The third-order valence-electron chi connectivity index (χ3n) is 5.85. The van der Waals surface area contributed by atoms with Gasteiger partial charge in [-0.15, -0.1) is 0 Å². The van der Waals surface area contributed by atoms with Crippen molar-refractivity contribution in [2.24, 2.45) is 0 Å². The Balaban J connectivity index is 1.33. The second-order valence-electron chi connectivity index (χ2n) is 8.21. The molecule has 0 unspecified atom stereocenters. The highest BCUT2D eigenvalue weighted by Gasteiger charge is 2.28. The topological polar surface area (TPSA) is 46.1 Å². The highest BCUT2D eigenvalue weighted by atomic mass is 32.2. The van der Waals surface area contributed by atoms with Crippen LogP contribution >= 0.6 is 23.5 Å². The zero-order valence-corrected chi connectivity index (χ0v) is 20.9. The van der Waals surface area contributed by atoms with Crippen LogP contribution in [0.1, 0.15) is 0 Å². The molecule has 0 fully saturated rings. The summed E-state index contributed by atoms with van der Waals surface area (Å²) >= 11 is 3.06. The number of rotatable bonds is 5. The Morgan fingerprint density at radius 3 is 1.67 bits per heavy atom. The van der Waals surface area contributed by atoms with Crippen LogP contribution in [0, 0.1) is 0 Å². The van der Waals surface area contributed by atoms with Crippen LogP contribution < -0.4 is 4.90 Å². The maximum atomic E-state index is 13.6. The zero-order chi connectivity index (χ0) is 24.3. The summed E-state index contributed by atoms with van der Waals surface area (Å²) < 4.78 is 0. The quantitative estimate of drug-likeness (QED) is 0.181. The van der Waals surface area contributed by atoms with E-state index in [1.54, 1.807) is 11.8 Å². The normalized spacial score (nSPS) is 12.1. The van der Waals surface area contributed by atoms with E-state index >= 15 is 0 Å². The van der Waals surface area contributed by atoms with Gasteiger partial charge >= 0.3 is 0 Å². The molecule has 1 aromatic heterocycles. The lowest BCUT2D eigenvalue weighted by Gasteiger charge is -2.30. The molecule has 1 amide bonds. The van der Waals surface area contributed by atoms with Crippen LogP contribution in [0.5, 0.6) is 0 Å². The molecular formula is C30H21N3OS2. The van der Waals surface area contributed by atoms with Crippen LogP contribution in [0.25, 0.3) is 22.5 Å². The Kier molecular flexibility index (Phi) is 6.28. The number of nitrogens with zero attached hydrogens (tertiary/aromatic N) is 3. The molecule has 4 nitrogen and oxygen atoms in total. The van der Waals surface area contributed by atoms with E-state index in [9.17, 15) is 4.79 Å². The molecule has 0 aliphatic carbocycles. The fourth-order valence-electron chi connectivity index (χ4n) is 4.17. The van der Waals surface area contributed by atoms with E-state index in [1.807, 2.05) is 108 Å². The van der Waals surface area contributed by atoms with Crippen molar-refractivity contribution < 1.29 is 4.79 Å². The molecule has 0 saturated heterocycles. The predicted molar refractivity (Wildman–Crippen MR) is 148 cm³/mol. The van der Waals surface area contributed by atoms with Crippen molar-refractivity contribution in [1.82, 2.24) is 9.97 Å². The van der Waals surface area contributed by atoms with Gasteiger partial charge in [0.25, 0.3) is 0 Å². The lowest BCUT2D eigenvalue weighted by molar-refractivity contribution is -0.115. The number of aromatic nitrogens is 2. The van der Waals surface area contributed by atoms with Crippen LogP contribution in [0.2, 0.25) is 0 Å². The lowest BCUT2D eigenvalue weighted by atomic mass is 10.1. The standard InChI is InChI=1S/C30H21N3OS2/c34-29(33-25-15-7-9-17-27(25)36-28-18-10-8-16-26(28)33)20-35-30-31-23(21-11-3-1-4-12-21)19-24(32-30)22-13-5-2-6-14-22/h1-19H,20H2. The van der Waals surface area contributed by atoms with Crippen molar-refractivity contribution in [1.29, 1.82) is 0 Å². The number of hydrogen-bond donors (Lipinski definition) is 0. The summed E-state index contributed by atoms with van der Waals surface area (Å²) in [6.07, 6.45) is 0. The molecule has 0 bridgehead atoms. The predicted octanol–water partition coefficient (Wildman–Crippen LogP) is 7.73. The molecule has 0 radical (unpaired) electrons. The average Bonchev–Trinajstić information content (AvgIpc) is 2.95. The fraction of sp³-hybridized carbons (Fsp3) is 0.0333. The van der Waals surface area contributed by atoms with Crippen LogP contribution in [-0.4, -0.2) is 21.6 Å². The third kappa shape index (κ3) is 4.53. The van der Waals surface area contributed by atoms with Gasteiger partial charge in [0.2, 0.25) is 5.91 Å². The molecule has 0 N–H and O–H groups in total. The molecule has 0 spiro atoms. The molecule has 4 aromatic carbocycles. The molecule has 0 atom stereocenters. The number of fused-ring (bicyclic) bond motifs is 2. The smallest absolute Gasteiger partial charge is 0.242 e. The Bertz CT molecular complexity index is 1440. The zero-order valence-electron chi connectivity index (χ0n) is 19.2. The largest absolute Gasteiger partial charge is 0.278 e. The van der Waals surface area contributed by atoms with Gasteiger partial charge in [0.05, 0.1) is 28.5 Å². The maximum absolute atomic E-state index is 13.6. The first-order valence-corrected chi connectivity index (χ1v) is 13.4. The molecule has 36 heavy (non-hydrogen) atoms. The first kappa shape index (κ1) is 22.6. The van der Waals surface area contributed by atoms with Gasteiger partial charge in [-0.05, 0) is 30.3 Å². The Morgan fingerprint density at radius 2 is 1.14 bits per heavy atom. The number of hydrogen-bond acceptors (Lipinski definition) is 5. The van der Waals surface area contributed by atoms with E-state index in [-0.39, 0.29) is 11.7 Å². The number of amides is 1. The van der Waals surface area contributed by atoms with Gasteiger partial charge in [0, 0.05) is 20.9 Å². The highest BCUT2D eigenvalue weighted by molar-refractivity contribution is 8.00. The van der Waals surface area contributed by atoms with E-state index in [1.165, 1.54) is 11.8 Å². The molecule has 1 aliphatic heterocycles. The maximum Gasteiger partial charge on any atom is 0.242 e. The Hall–Kier alpha value is -3.87. The second-order valence-corrected chi connectivity index (χ2v) is 10.2. The summed E-state index contributed by atoms with van der Waals surface area (Å²) in [5, 5.41) is 0.580. The number of carbonyl (C=O) groups excluding carboxylic acids is 1. The van der Waals surface area contributed by atoms with Gasteiger partial charge in [-0.25, -0.2) is 9.97 Å². The van der Waals surface area contributed by atoms with Crippen LogP contribution in [-0.2, 0) is 4.79 Å².